The molecule has 1 amide bonds. The van der Waals surface area contributed by atoms with Crippen molar-refractivity contribution in [2.45, 2.75) is 19.9 Å². The molecule has 0 saturated carbocycles. The van der Waals surface area contributed by atoms with Gasteiger partial charge < -0.3 is 10.6 Å². The van der Waals surface area contributed by atoms with E-state index in [4.69, 9.17) is 0 Å². The molecule has 2 rings (SSSR count). The molecule has 1 aliphatic rings. The Kier molecular flexibility index (Phi) is 3.99. The second kappa shape index (κ2) is 5.50. The zero-order valence-corrected chi connectivity index (χ0v) is 11.3. The van der Waals surface area contributed by atoms with Crippen LogP contribution in [0.15, 0.2) is 18.2 Å². The molecule has 0 radical (unpaired) electrons. The summed E-state index contributed by atoms with van der Waals surface area (Å²) in [6.45, 7) is 6.65. The molecule has 1 heterocycles. The Morgan fingerprint density at radius 3 is 2.61 bits per heavy atom. The van der Waals surface area contributed by atoms with E-state index in [9.17, 15) is 4.79 Å². The number of carbonyl (C=O) groups is 1. The molecule has 18 heavy (non-hydrogen) atoms. The van der Waals surface area contributed by atoms with E-state index in [0.717, 1.165) is 18.8 Å². The zero-order chi connectivity index (χ0) is 13.1. The van der Waals surface area contributed by atoms with Crippen molar-refractivity contribution >= 4 is 11.6 Å². The summed E-state index contributed by atoms with van der Waals surface area (Å²) in [5.41, 5.74) is 3.22. The summed E-state index contributed by atoms with van der Waals surface area (Å²) < 4.78 is 0. The van der Waals surface area contributed by atoms with Crippen molar-refractivity contribution in [1.29, 1.82) is 0 Å². The predicted molar refractivity (Wildman–Crippen MR) is 73.8 cm³/mol. The van der Waals surface area contributed by atoms with Gasteiger partial charge in [0.1, 0.15) is 6.04 Å². The Hall–Kier alpha value is -1.39. The molecule has 1 aliphatic heterocycles. The van der Waals surface area contributed by atoms with Crippen LogP contribution < -0.4 is 10.6 Å². The average molecular weight is 247 g/mol. The number of nitrogens with zero attached hydrogens (tertiary/aromatic N) is 1. The standard InChI is InChI=1S/C14H21N3O/c1-10-6-11(2)8-12(7-10)16-14(18)13-9-15-4-5-17(13)3/h6-8,13,15H,4-5,9H2,1-3H3,(H,16,18). The van der Waals surface area contributed by atoms with Crippen LogP contribution in [0.5, 0.6) is 0 Å². The van der Waals surface area contributed by atoms with E-state index in [-0.39, 0.29) is 11.9 Å². The van der Waals surface area contributed by atoms with Crippen molar-refractivity contribution in [2.24, 2.45) is 0 Å². The number of benzene rings is 1. The molecule has 4 heteroatoms. The van der Waals surface area contributed by atoms with E-state index in [1.54, 1.807) is 0 Å². The van der Waals surface area contributed by atoms with Crippen LogP contribution in [0, 0.1) is 13.8 Å². The van der Waals surface area contributed by atoms with Crippen molar-refractivity contribution in [3.8, 4) is 0 Å². The van der Waals surface area contributed by atoms with Gasteiger partial charge in [-0.3, -0.25) is 9.69 Å². The van der Waals surface area contributed by atoms with Gasteiger partial charge in [-0.1, -0.05) is 6.07 Å². The summed E-state index contributed by atoms with van der Waals surface area (Å²) in [5, 5.41) is 6.26. The van der Waals surface area contributed by atoms with Gasteiger partial charge in [-0.25, -0.2) is 0 Å². The third kappa shape index (κ3) is 3.09. The minimum absolute atomic E-state index is 0.0645. The summed E-state index contributed by atoms with van der Waals surface area (Å²) >= 11 is 0. The fraction of sp³-hybridized carbons (Fsp3) is 0.500. The lowest BCUT2D eigenvalue weighted by atomic mass is 10.1. The first-order valence-corrected chi connectivity index (χ1v) is 6.36. The Balaban J connectivity index is 2.06. The van der Waals surface area contributed by atoms with E-state index in [1.807, 2.05) is 33.0 Å². The van der Waals surface area contributed by atoms with Gasteiger partial charge in [-0.15, -0.1) is 0 Å². The molecular weight excluding hydrogens is 226 g/mol. The molecule has 1 atom stereocenters. The summed E-state index contributed by atoms with van der Waals surface area (Å²) in [6.07, 6.45) is 0. The molecule has 1 fully saturated rings. The quantitative estimate of drug-likeness (QED) is 0.824. The van der Waals surface area contributed by atoms with E-state index >= 15 is 0 Å². The topological polar surface area (TPSA) is 44.4 Å². The normalized spacial score (nSPS) is 20.7. The average Bonchev–Trinajstić information content (AvgIpc) is 2.27. The van der Waals surface area contributed by atoms with Gasteiger partial charge in [-0.05, 0) is 44.2 Å². The highest BCUT2D eigenvalue weighted by atomic mass is 16.2. The number of anilines is 1. The lowest BCUT2D eigenvalue weighted by Gasteiger charge is -2.31. The summed E-state index contributed by atoms with van der Waals surface area (Å²) in [5.74, 6) is 0.0645. The fourth-order valence-electron chi connectivity index (χ4n) is 2.37. The maximum atomic E-state index is 12.2. The third-order valence-corrected chi connectivity index (χ3v) is 3.30. The minimum atomic E-state index is -0.0837. The van der Waals surface area contributed by atoms with Gasteiger partial charge in [0, 0.05) is 25.3 Å². The smallest absolute Gasteiger partial charge is 0.243 e. The molecule has 1 aromatic carbocycles. The van der Waals surface area contributed by atoms with Crippen LogP contribution in [-0.4, -0.2) is 43.5 Å². The van der Waals surface area contributed by atoms with Gasteiger partial charge in [0.2, 0.25) is 5.91 Å². The zero-order valence-electron chi connectivity index (χ0n) is 11.3. The molecule has 0 bridgehead atoms. The van der Waals surface area contributed by atoms with E-state index < -0.39 is 0 Å². The molecule has 1 unspecified atom stereocenters. The Bertz CT molecular complexity index is 424. The molecule has 0 spiro atoms. The first kappa shape index (κ1) is 13.1. The lowest BCUT2D eigenvalue weighted by Crippen LogP contribution is -2.54. The number of hydrogen-bond acceptors (Lipinski definition) is 3. The second-order valence-electron chi connectivity index (χ2n) is 5.07. The van der Waals surface area contributed by atoms with Gasteiger partial charge in [0.05, 0.1) is 0 Å². The van der Waals surface area contributed by atoms with Gasteiger partial charge in [0.15, 0.2) is 0 Å². The Labute approximate surface area is 108 Å². The fourth-order valence-corrected chi connectivity index (χ4v) is 2.37. The van der Waals surface area contributed by atoms with Crippen LogP contribution >= 0.6 is 0 Å². The van der Waals surface area contributed by atoms with Crippen LogP contribution in [0.25, 0.3) is 0 Å². The monoisotopic (exact) mass is 247 g/mol. The molecule has 1 aromatic rings. The first-order chi connectivity index (χ1) is 8.56. The lowest BCUT2D eigenvalue weighted by molar-refractivity contribution is -0.121. The maximum Gasteiger partial charge on any atom is 0.243 e. The van der Waals surface area contributed by atoms with Crippen LogP contribution in [0.2, 0.25) is 0 Å². The van der Waals surface area contributed by atoms with Gasteiger partial charge in [-0.2, -0.15) is 0 Å². The Morgan fingerprint density at radius 1 is 1.33 bits per heavy atom. The van der Waals surface area contributed by atoms with Gasteiger partial charge in [0.25, 0.3) is 0 Å². The molecule has 0 aromatic heterocycles. The van der Waals surface area contributed by atoms with E-state index in [1.165, 1.54) is 11.1 Å². The van der Waals surface area contributed by atoms with E-state index in [0.29, 0.717) is 6.54 Å². The first-order valence-electron chi connectivity index (χ1n) is 6.36. The number of hydrogen-bond donors (Lipinski definition) is 2. The largest absolute Gasteiger partial charge is 0.325 e. The molecular formula is C14H21N3O. The van der Waals surface area contributed by atoms with Crippen LogP contribution in [0.4, 0.5) is 5.69 Å². The van der Waals surface area contributed by atoms with Crippen molar-refractivity contribution in [3.05, 3.63) is 29.3 Å². The second-order valence-corrected chi connectivity index (χ2v) is 5.07. The number of aryl methyl sites for hydroxylation is 2. The van der Waals surface area contributed by atoms with Crippen LogP contribution in [-0.2, 0) is 4.79 Å². The molecule has 2 N–H and O–H groups in total. The summed E-state index contributed by atoms with van der Waals surface area (Å²) in [4.78, 5) is 14.3. The number of likely N-dealkylation sites (N-methyl/N-ethyl adjacent to an activating group) is 1. The van der Waals surface area contributed by atoms with E-state index in [2.05, 4.69) is 21.6 Å². The molecule has 98 valence electrons. The predicted octanol–water partition coefficient (Wildman–Crippen LogP) is 1.15. The van der Waals surface area contributed by atoms with Crippen molar-refractivity contribution in [2.75, 3.05) is 32.0 Å². The van der Waals surface area contributed by atoms with Crippen molar-refractivity contribution in [1.82, 2.24) is 10.2 Å². The number of rotatable bonds is 2. The highest BCUT2D eigenvalue weighted by Gasteiger charge is 2.25. The van der Waals surface area contributed by atoms with Gasteiger partial charge >= 0.3 is 0 Å². The third-order valence-electron chi connectivity index (χ3n) is 3.30. The maximum absolute atomic E-state index is 12.2. The number of carbonyl (C=O) groups excluding carboxylic acids is 1. The molecule has 1 saturated heterocycles. The number of piperazine rings is 1. The summed E-state index contributed by atoms with van der Waals surface area (Å²) in [7, 11) is 1.99. The number of amides is 1. The Morgan fingerprint density at radius 2 is 2.00 bits per heavy atom. The van der Waals surface area contributed by atoms with Crippen molar-refractivity contribution < 1.29 is 4.79 Å². The SMILES string of the molecule is Cc1cc(C)cc(NC(=O)C2CNCCN2C)c1. The van der Waals surface area contributed by atoms with Crippen LogP contribution in [0.3, 0.4) is 0 Å². The number of nitrogens with one attached hydrogen (secondary N) is 2. The minimum Gasteiger partial charge on any atom is -0.325 e. The van der Waals surface area contributed by atoms with Crippen LogP contribution in [0.1, 0.15) is 11.1 Å². The van der Waals surface area contributed by atoms with Crippen molar-refractivity contribution in [3.63, 3.8) is 0 Å². The summed E-state index contributed by atoms with van der Waals surface area (Å²) in [6, 6.07) is 6.02. The molecule has 4 nitrogen and oxygen atoms in total. The molecule has 0 aliphatic carbocycles. The highest BCUT2D eigenvalue weighted by molar-refractivity contribution is 5.95. The highest BCUT2D eigenvalue weighted by Crippen LogP contribution is 2.14.